The summed E-state index contributed by atoms with van der Waals surface area (Å²) < 4.78 is 0. The van der Waals surface area contributed by atoms with Crippen molar-refractivity contribution in [3.63, 3.8) is 0 Å². The summed E-state index contributed by atoms with van der Waals surface area (Å²) in [5.74, 6) is 0.763. The minimum absolute atomic E-state index is 0.671. The molecule has 0 aromatic heterocycles. The Labute approximate surface area is 129 Å². The molecule has 1 N–H and O–H groups in total. The lowest BCUT2D eigenvalue weighted by Gasteiger charge is -2.43. The predicted molar refractivity (Wildman–Crippen MR) is 89.6 cm³/mol. The molecule has 3 atom stereocenters. The number of benzene rings is 1. The van der Waals surface area contributed by atoms with E-state index in [1.54, 1.807) is 11.1 Å². The van der Waals surface area contributed by atoms with Gasteiger partial charge in [0.15, 0.2) is 0 Å². The summed E-state index contributed by atoms with van der Waals surface area (Å²) in [5, 5.41) is 3.74. The fourth-order valence-electron chi connectivity index (χ4n) is 4.20. The number of hydrogen-bond acceptors (Lipinski definition) is 2. The minimum atomic E-state index is 0.671. The second kappa shape index (κ2) is 6.93. The van der Waals surface area contributed by atoms with E-state index in [0.29, 0.717) is 6.04 Å². The normalized spacial score (nSPS) is 30.1. The van der Waals surface area contributed by atoms with Crippen LogP contribution < -0.4 is 5.32 Å². The van der Waals surface area contributed by atoms with Gasteiger partial charge in [0, 0.05) is 25.2 Å². The second-order valence-electron chi connectivity index (χ2n) is 6.93. The van der Waals surface area contributed by atoms with Crippen LogP contribution in [0.4, 0.5) is 0 Å². The van der Waals surface area contributed by atoms with Crippen LogP contribution in [-0.4, -0.2) is 30.6 Å². The zero-order valence-corrected chi connectivity index (χ0v) is 13.6. The molecule has 2 aliphatic rings. The Hall–Kier alpha value is -0.860. The van der Waals surface area contributed by atoms with E-state index in [0.717, 1.165) is 12.0 Å². The fraction of sp³-hybridized carbons (Fsp3) is 0.684. The Bertz CT molecular complexity index is 457. The third-order valence-corrected chi connectivity index (χ3v) is 5.37. The molecule has 1 heterocycles. The molecular weight excluding hydrogens is 256 g/mol. The van der Waals surface area contributed by atoms with E-state index < -0.39 is 0 Å². The van der Waals surface area contributed by atoms with E-state index in [1.807, 2.05) is 0 Å². The highest BCUT2D eigenvalue weighted by atomic mass is 15.2. The highest BCUT2D eigenvalue weighted by Gasteiger charge is 2.32. The molecule has 2 heteroatoms. The third kappa shape index (κ3) is 3.32. The van der Waals surface area contributed by atoms with Crippen molar-refractivity contribution in [1.29, 1.82) is 0 Å². The maximum absolute atomic E-state index is 3.74. The quantitative estimate of drug-likeness (QED) is 0.906. The van der Waals surface area contributed by atoms with E-state index in [2.05, 4.69) is 48.3 Å². The van der Waals surface area contributed by atoms with Gasteiger partial charge in [0.05, 0.1) is 0 Å². The summed E-state index contributed by atoms with van der Waals surface area (Å²) in [7, 11) is 0. The lowest BCUT2D eigenvalue weighted by molar-refractivity contribution is 0.0944. The van der Waals surface area contributed by atoms with Crippen LogP contribution in [-0.2, 0) is 6.42 Å². The highest BCUT2D eigenvalue weighted by Crippen LogP contribution is 2.36. The standard InChI is InChI=1S/C19H30N2/c1-3-12-20-18-11-13-21(14-15(18)2)19-10-6-8-16-7-4-5-9-17(16)19/h4-5,7,9,15,18-20H,3,6,8,10-14H2,1-2H3. The first kappa shape index (κ1) is 15.1. The molecule has 1 aliphatic carbocycles. The van der Waals surface area contributed by atoms with E-state index >= 15 is 0 Å². The Morgan fingerprint density at radius 3 is 2.90 bits per heavy atom. The lowest BCUT2D eigenvalue weighted by Crippen LogP contribution is -2.49. The van der Waals surface area contributed by atoms with Crippen molar-refractivity contribution in [2.75, 3.05) is 19.6 Å². The van der Waals surface area contributed by atoms with Crippen LogP contribution in [0.1, 0.15) is 56.7 Å². The summed E-state index contributed by atoms with van der Waals surface area (Å²) in [6.07, 6.45) is 6.51. The topological polar surface area (TPSA) is 15.3 Å². The first-order valence-electron chi connectivity index (χ1n) is 8.84. The number of rotatable bonds is 4. The number of piperidine rings is 1. The van der Waals surface area contributed by atoms with Crippen molar-refractivity contribution in [3.05, 3.63) is 35.4 Å². The Kier molecular flexibility index (Phi) is 4.97. The fourth-order valence-corrected chi connectivity index (χ4v) is 4.20. The Morgan fingerprint density at radius 2 is 2.10 bits per heavy atom. The molecule has 1 fully saturated rings. The third-order valence-electron chi connectivity index (χ3n) is 5.37. The van der Waals surface area contributed by atoms with Crippen LogP contribution in [0.5, 0.6) is 0 Å². The van der Waals surface area contributed by atoms with Gasteiger partial charge in [0.1, 0.15) is 0 Å². The summed E-state index contributed by atoms with van der Waals surface area (Å²) in [5.41, 5.74) is 3.20. The minimum Gasteiger partial charge on any atom is -0.314 e. The van der Waals surface area contributed by atoms with Gasteiger partial charge < -0.3 is 5.32 Å². The van der Waals surface area contributed by atoms with Gasteiger partial charge in [0.2, 0.25) is 0 Å². The monoisotopic (exact) mass is 286 g/mol. The van der Waals surface area contributed by atoms with Crippen LogP contribution in [0.3, 0.4) is 0 Å². The van der Waals surface area contributed by atoms with Gasteiger partial charge in [-0.15, -0.1) is 0 Å². The number of aryl methyl sites for hydroxylation is 1. The van der Waals surface area contributed by atoms with E-state index in [4.69, 9.17) is 0 Å². The van der Waals surface area contributed by atoms with Gasteiger partial charge in [0.25, 0.3) is 0 Å². The average molecular weight is 286 g/mol. The molecule has 3 unspecified atom stereocenters. The Balaban J connectivity index is 1.67. The van der Waals surface area contributed by atoms with Crippen molar-refractivity contribution in [2.45, 2.75) is 58.0 Å². The van der Waals surface area contributed by atoms with E-state index in [1.165, 1.54) is 51.7 Å². The molecule has 21 heavy (non-hydrogen) atoms. The zero-order chi connectivity index (χ0) is 14.7. The first-order chi connectivity index (χ1) is 10.3. The van der Waals surface area contributed by atoms with Crippen LogP contribution in [0.25, 0.3) is 0 Å². The molecule has 2 nitrogen and oxygen atoms in total. The van der Waals surface area contributed by atoms with Gasteiger partial charge in [-0.05, 0) is 55.7 Å². The van der Waals surface area contributed by atoms with Crippen molar-refractivity contribution in [2.24, 2.45) is 5.92 Å². The summed E-state index contributed by atoms with van der Waals surface area (Å²) in [6.45, 7) is 8.35. The average Bonchev–Trinajstić information content (AvgIpc) is 2.53. The van der Waals surface area contributed by atoms with Crippen LogP contribution in [0, 0.1) is 5.92 Å². The molecule has 116 valence electrons. The Morgan fingerprint density at radius 1 is 1.24 bits per heavy atom. The van der Waals surface area contributed by atoms with Crippen LogP contribution in [0.2, 0.25) is 0 Å². The first-order valence-corrected chi connectivity index (χ1v) is 8.84. The maximum atomic E-state index is 3.74. The van der Waals surface area contributed by atoms with E-state index in [9.17, 15) is 0 Å². The van der Waals surface area contributed by atoms with Crippen LogP contribution in [0.15, 0.2) is 24.3 Å². The number of hydrogen-bond donors (Lipinski definition) is 1. The van der Waals surface area contributed by atoms with Crippen molar-refractivity contribution < 1.29 is 0 Å². The number of fused-ring (bicyclic) bond motifs is 1. The van der Waals surface area contributed by atoms with E-state index in [-0.39, 0.29) is 0 Å². The largest absolute Gasteiger partial charge is 0.314 e. The van der Waals surface area contributed by atoms with Crippen molar-refractivity contribution in [3.8, 4) is 0 Å². The molecule has 0 saturated carbocycles. The molecule has 0 radical (unpaired) electrons. The number of nitrogens with one attached hydrogen (secondary N) is 1. The molecule has 1 aliphatic heterocycles. The summed E-state index contributed by atoms with van der Waals surface area (Å²) in [6, 6.07) is 10.5. The van der Waals surface area contributed by atoms with Gasteiger partial charge >= 0.3 is 0 Å². The van der Waals surface area contributed by atoms with Crippen molar-refractivity contribution >= 4 is 0 Å². The van der Waals surface area contributed by atoms with Gasteiger partial charge in [-0.3, -0.25) is 4.90 Å². The molecule has 1 aromatic carbocycles. The van der Waals surface area contributed by atoms with Gasteiger partial charge in [-0.2, -0.15) is 0 Å². The number of likely N-dealkylation sites (tertiary alicyclic amines) is 1. The molecule has 0 bridgehead atoms. The zero-order valence-electron chi connectivity index (χ0n) is 13.6. The SMILES string of the molecule is CCCNC1CCN(C2CCCc3ccccc32)CC1C. The predicted octanol–water partition coefficient (Wildman–Crippen LogP) is 3.77. The highest BCUT2D eigenvalue weighted by molar-refractivity contribution is 5.32. The smallest absolute Gasteiger partial charge is 0.0351 e. The molecular formula is C19H30N2. The molecule has 1 saturated heterocycles. The molecule has 1 aromatic rings. The molecule has 0 amide bonds. The van der Waals surface area contributed by atoms with Gasteiger partial charge in [-0.25, -0.2) is 0 Å². The summed E-state index contributed by atoms with van der Waals surface area (Å²) >= 11 is 0. The van der Waals surface area contributed by atoms with Crippen LogP contribution >= 0.6 is 0 Å². The lowest BCUT2D eigenvalue weighted by atomic mass is 9.84. The maximum Gasteiger partial charge on any atom is 0.0351 e. The molecule has 0 spiro atoms. The van der Waals surface area contributed by atoms with Crippen molar-refractivity contribution in [1.82, 2.24) is 10.2 Å². The van der Waals surface area contributed by atoms with Gasteiger partial charge in [-0.1, -0.05) is 38.1 Å². The number of nitrogens with zero attached hydrogens (tertiary/aromatic N) is 1. The summed E-state index contributed by atoms with van der Waals surface area (Å²) in [4.78, 5) is 2.76. The second-order valence-corrected chi connectivity index (χ2v) is 6.93. The molecule has 3 rings (SSSR count).